The molecule has 0 amide bonds. The molecule has 1 aliphatic carbocycles. The van der Waals surface area contributed by atoms with Crippen LogP contribution in [-0.2, 0) is 13.6 Å². The van der Waals surface area contributed by atoms with E-state index in [2.05, 4.69) is 53.9 Å². The van der Waals surface area contributed by atoms with Crippen LogP contribution in [0.25, 0.3) is 11.0 Å². The van der Waals surface area contributed by atoms with Crippen LogP contribution in [0.3, 0.4) is 0 Å². The van der Waals surface area contributed by atoms with E-state index in [1.54, 1.807) is 13.2 Å². The third kappa shape index (κ3) is 4.17. The lowest BCUT2D eigenvalue weighted by Gasteiger charge is -2.49. The van der Waals surface area contributed by atoms with E-state index < -0.39 is 11.4 Å². The maximum Gasteiger partial charge on any atom is 0.289 e. The molecule has 0 radical (unpaired) electrons. The highest BCUT2D eigenvalue weighted by Gasteiger charge is 2.38. The van der Waals surface area contributed by atoms with Gasteiger partial charge in [0.2, 0.25) is 5.82 Å². The zero-order valence-corrected chi connectivity index (χ0v) is 21.5. The second kappa shape index (κ2) is 9.66. The Labute approximate surface area is 210 Å². The van der Waals surface area contributed by atoms with Crippen molar-refractivity contribution in [2.75, 3.05) is 18.0 Å². The predicted molar refractivity (Wildman–Crippen MR) is 137 cm³/mol. The van der Waals surface area contributed by atoms with Crippen molar-refractivity contribution in [3.8, 4) is 6.07 Å². The molecule has 36 heavy (non-hydrogen) atoms. The molecule has 1 saturated heterocycles. The molecule has 0 aromatic carbocycles. The molecule has 9 heteroatoms. The number of halogens is 1. The van der Waals surface area contributed by atoms with Crippen molar-refractivity contribution in [2.45, 2.75) is 77.0 Å². The van der Waals surface area contributed by atoms with Crippen LogP contribution in [-0.4, -0.2) is 49.4 Å². The second-order valence-electron chi connectivity index (χ2n) is 10.2. The molecule has 0 spiro atoms. The van der Waals surface area contributed by atoms with Crippen molar-refractivity contribution in [2.24, 2.45) is 7.05 Å². The van der Waals surface area contributed by atoms with Crippen molar-refractivity contribution in [3.63, 3.8) is 0 Å². The van der Waals surface area contributed by atoms with Gasteiger partial charge in [0.25, 0.3) is 5.56 Å². The fraction of sp³-hybridized carbons (Fsp3) is 0.556. The third-order valence-corrected chi connectivity index (χ3v) is 8.01. The minimum Gasteiger partial charge on any atom is -0.361 e. The molecule has 0 bridgehead atoms. The van der Waals surface area contributed by atoms with Crippen LogP contribution in [0.5, 0.6) is 0 Å². The Morgan fingerprint density at radius 3 is 2.56 bits per heavy atom. The van der Waals surface area contributed by atoms with Crippen LogP contribution in [0.2, 0.25) is 0 Å². The summed E-state index contributed by atoms with van der Waals surface area (Å²) in [5.41, 5.74) is 2.94. The molecular formula is C27H34FN7O. The molecule has 5 rings (SSSR count). The first kappa shape index (κ1) is 24.4. The van der Waals surface area contributed by atoms with E-state index in [1.165, 1.54) is 33.3 Å². The molecule has 0 unspecified atom stereocenters. The lowest BCUT2D eigenvalue weighted by atomic mass is 9.97. The fourth-order valence-corrected chi connectivity index (χ4v) is 5.61. The summed E-state index contributed by atoms with van der Waals surface area (Å²) in [7, 11) is 1.55. The van der Waals surface area contributed by atoms with E-state index in [-0.39, 0.29) is 30.4 Å². The molecule has 3 aromatic rings. The van der Waals surface area contributed by atoms with Crippen LogP contribution in [0, 0.1) is 17.1 Å². The Bertz CT molecular complexity index is 1350. The van der Waals surface area contributed by atoms with Gasteiger partial charge in [0, 0.05) is 56.1 Å². The zero-order chi connectivity index (χ0) is 25.6. The van der Waals surface area contributed by atoms with E-state index >= 15 is 4.39 Å². The van der Waals surface area contributed by atoms with E-state index in [0.29, 0.717) is 23.5 Å². The molecule has 1 saturated carbocycles. The first-order chi connectivity index (χ1) is 17.4. The molecule has 2 aliphatic rings. The maximum absolute atomic E-state index is 15.6. The Hall–Kier alpha value is -3.25. The summed E-state index contributed by atoms with van der Waals surface area (Å²) in [6, 6.07) is 6.81. The number of aromatic nitrogens is 4. The molecule has 2 fully saturated rings. The van der Waals surface area contributed by atoms with Gasteiger partial charge in [0.05, 0.1) is 17.8 Å². The Balaban J connectivity index is 1.50. The van der Waals surface area contributed by atoms with Crippen LogP contribution >= 0.6 is 0 Å². The van der Waals surface area contributed by atoms with Gasteiger partial charge < -0.3 is 9.47 Å². The van der Waals surface area contributed by atoms with Gasteiger partial charge in [-0.2, -0.15) is 14.8 Å². The monoisotopic (exact) mass is 491 g/mol. The highest BCUT2D eigenvalue weighted by molar-refractivity contribution is 5.88. The quantitative estimate of drug-likeness (QED) is 0.495. The maximum atomic E-state index is 15.6. The summed E-state index contributed by atoms with van der Waals surface area (Å²) in [4.78, 5) is 22.1. The molecule has 3 aromatic heterocycles. The van der Waals surface area contributed by atoms with Crippen molar-refractivity contribution >= 4 is 16.7 Å². The molecule has 3 atom stereocenters. The van der Waals surface area contributed by atoms with Crippen molar-refractivity contribution in [3.05, 3.63) is 52.0 Å². The van der Waals surface area contributed by atoms with E-state index in [9.17, 15) is 4.79 Å². The molecular weight excluding hydrogens is 457 g/mol. The van der Waals surface area contributed by atoms with Gasteiger partial charge in [0.15, 0.2) is 0 Å². The summed E-state index contributed by atoms with van der Waals surface area (Å²) >= 11 is 0. The average Bonchev–Trinajstić information content (AvgIpc) is 3.67. The van der Waals surface area contributed by atoms with E-state index in [1.807, 2.05) is 6.20 Å². The Morgan fingerprint density at radius 1 is 1.19 bits per heavy atom. The standard InChI is InChI=1S/C27H34FN7O/c1-5-20-15-35(26-24(28)27(36)32(4)23-16-33(12-11-29)31-25(23)26)21(6-2)14-34(20)17(3)19-9-10-22(30-13-19)18-7-8-18/h9-10,13,16-18,20-21H,5-8,12,14-15H2,1-4H3/t17-,20-,21+/m1/s1. The summed E-state index contributed by atoms with van der Waals surface area (Å²) in [5, 5.41) is 13.7. The van der Waals surface area contributed by atoms with Crippen LogP contribution < -0.4 is 10.5 Å². The van der Waals surface area contributed by atoms with Crippen molar-refractivity contribution < 1.29 is 4.39 Å². The number of rotatable bonds is 7. The SMILES string of the molecule is CC[C@H]1CN([C@H](C)c2ccc(C3CC3)nc2)[C@H](CC)CN1c1c(F)c(=O)n(C)c2cn(CC#N)nc12. The topological polar surface area (TPSA) is 83.0 Å². The number of fused-ring (bicyclic) bond motifs is 1. The molecule has 4 heterocycles. The van der Waals surface area contributed by atoms with Crippen molar-refractivity contribution in [1.82, 2.24) is 24.2 Å². The number of piperazine rings is 1. The highest BCUT2D eigenvalue weighted by Crippen LogP contribution is 2.40. The second-order valence-corrected chi connectivity index (χ2v) is 10.2. The fourth-order valence-electron chi connectivity index (χ4n) is 5.61. The third-order valence-electron chi connectivity index (χ3n) is 8.01. The number of anilines is 1. The number of hydrogen-bond acceptors (Lipinski definition) is 6. The van der Waals surface area contributed by atoms with Crippen LogP contribution in [0.4, 0.5) is 10.1 Å². The molecule has 0 N–H and O–H groups in total. The van der Waals surface area contributed by atoms with E-state index in [4.69, 9.17) is 10.2 Å². The average molecular weight is 492 g/mol. The summed E-state index contributed by atoms with van der Waals surface area (Å²) < 4.78 is 18.4. The number of hydrogen-bond donors (Lipinski definition) is 0. The number of nitriles is 1. The number of aryl methyl sites for hydroxylation is 1. The minimum atomic E-state index is -0.776. The van der Waals surface area contributed by atoms with Gasteiger partial charge in [0.1, 0.15) is 17.7 Å². The lowest BCUT2D eigenvalue weighted by Crippen LogP contribution is -2.59. The highest BCUT2D eigenvalue weighted by atomic mass is 19.1. The normalized spacial score (nSPS) is 21.6. The molecule has 8 nitrogen and oxygen atoms in total. The zero-order valence-electron chi connectivity index (χ0n) is 21.5. The summed E-state index contributed by atoms with van der Waals surface area (Å²) in [6.45, 7) is 7.86. The number of pyridine rings is 2. The van der Waals surface area contributed by atoms with Gasteiger partial charge in [-0.25, -0.2) is 0 Å². The smallest absolute Gasteiger partial charge is 0.289 e. The largest absolute Gasteiger partial charge is 0.361 e. The lowest BCUT2D eigenvalue weighted by molar-refractivity contribution is 0.101. The van der Waals surface area contributed by atoms with Crippen LogP contribution in [0.1, 0.15) is 69.7 Å². The Morgan fingerprint density at radius 2 is 1.94 bits per heavy atom. The Kier molecular flexibility index (Phi) is 6.56. The van der Waals surface area contributed by atoms with Crippen LogP contribution in [0.15, 0.2) is 29.3 Å². The van der Waals surface area contributed by atoms with Crippen molar-refractivity contribution in [1.29, 1.82) is 5.26 Å². The number of nitrogens with zero attached hydrogens (tertiary/aromatic N) is 7. The predicted octanol–water partition coefficient (Wildman–Crippen LogP) is 4.11. The van der Waals surface area contributed by atoms with Gasteiger partial charge in [-0.05, 0) is 44.2 Å². The van der Waals surface area contributed by atoms with Gasteiger partial charge in [-0.1, -0.05) is 19.9 Å². The minimum absolute atomic E-state index is 0.0138. The van der Waals surface area contributed by atoms with E-state index in [0.717, 1.165) is 19.4 Å². The molecule has 190 valence electrons. The van der Waals surface area contributed by atoms with Gasteiger partial charge >= 0.3 is 0 Å². The van der Waals surface area contributed by atoms with Gasteiger partial charge in [-0.15, -0.1) is 0 Å². The summed E-state index contributed by atoms with van der Waals surface area (Å²) in [5.74, 6) is -0.144. The first-order valence-electron chi connectivity index (χ1n) is 13.0. The first-order valence-corrected chi connectivity index (χ1v) is 13.0. The molecule has 1 aliphatic heterocycles. The summed E-state index contributed by atoms with van der Waals surface area (Å²) in [6.07, 6.45) is 7.83. The van der Waals surface area contributed by atoms with Gasteiger partial charge in [-0.3, -0.25) is 19.4 Å².